The number of pyridine rings is 1. The molecule has 4 heteroatoms. The Bertz CT molecular complexity index is 195. The number of anilines is 1. The van der Waals surface area contributed by atoms with Crippen molar-refractivity contribution in [1.82, 2.24) is 4.98 Å². The standard InChI is InChI=1S/C6H9N3S/c1-8-5-3-2-4-6(9-5)10-7/h2-4H,7H2,1H3,(H,8,9). The van der Waals surface area contributed by atoms with Gasteiger partial charge in [0, 0.05) is 7.05 Å². The average molecular weight is 155 g/mol. The molecule has 0 spiro atoms. The maximum Gasteiger partial charge on any atom is 0.127 e. The highest BCUT2D eigenvalue weighted by atomic mass is 32.2. The van der Waals surface area contributed by atoms with Crippen LogP contribution in [0.15, 0.2) is 23.2 Å². The molecule has 10 heavy (non-hydrogen) atoms. The second kappa shape index (κ2) is 3.43. The molecule has 1 aromatic rings. The molecule has 0 bridgehead atoms. The Kier molecular flexibility index (Phi) is 2.53. The summed E-state index contributed by atoms with van der Waals surface area (Å²) in [5.74, 6) is 0.843. The van der Waals surface area contributed by atoms with Crippen LogP contribution >= 0.6 is 11.9 Å². The SMILES string of the molecule is CNc1cccc(SN)n1. The lowest BCUT2D eigenvalue weighted by atomic mass is 10.5. The highest BCUT2D eigenvalue weighted by Crippen LogP contribution is 2.10. The highest BCUT2D eigenvalue weighted by molar-refractivity contribution is 7.97. The molecule has 0 saturated carbocycles. The zero-order chi connectivity index (χ0) is 7.40. The Labute approximate surface area is 64.2 Å². The van der Waals surface area contributed by atoms with E-state index < -0.39 is 0 Å². The zero-order valence-corrected chi connectivity index (χ0v) is 6.48. The van der Waals surface area contributed by atoms with Crippen molar-refractivity contribution < 1.29 is 0 Å². The van der Waals surface area contributed by atoms with Gasteiger partial charge >= 0.3 is 0 Å². The van der Waals surface area contributed by atoms with Gasteiger partial charge in [-0.15, -0.1) is 0 Å². The van der Waals surface area contributed by atoms with Crippen LogP contribution in [0.4, 0.5) is 5.82 Å². The van der Waals surface area contributed by atoms with Crippen molar-refractivity contribution in [3.63, 3.8) is 0 Å². The van der Waals surface area contributed by atoms with Crippen LogP contribution in [-0.2, 0) is 0 Å². The van der Waals surface area contributed by atoms with E-state index in [1.165, 1.54) is 0 Å². The minimum atomic E-state index is 0.826. The molecule has 0 aromatic carbocycles. The van der Waals surface area contributed by atoms with Crippen molar-refractivity contribution in [2.45, 2.75) is 5.03 Å². The molecular weight excluding hydrogens is 146 g/mol. The zero-order valence-electron chi connectivity index (χ0n) is 5.66. The van der Waals surface area contributed by atoms with Crippen molar-refractivity contribution in [3.8, 4) is 0 Å². The number of nitrogens with one attached hydrogen (secondary N) is 1. The number of nitrogens with zero attached hydrogens (tertiary/aromatic N) is 1. The number of rotatable bonds is 2. The third kappa shape index (κ3) is 1.62. The lowest BCUT2D eigenvalue weighted by molar-refractivity contribution is 1.13. The normalized spacial score (nSPS) is 9.40. The lowest BCUT2D eigenvalue weighted by Gasteiger charge is -1.98. The predicted molar refractivity (Wildman–Crippen MR) is 43.8 cm³/mol. The molecule has 0 fully saturated rings. The Balaban J connectivity index is 2.87. The molecule has 0 aliphatic rings. The van der Waals surface area contributed by atoms with E-state index in [4.69, 9.17) is 5.14 Å². The molecular formula is C6H9N3S. The van der Waals surface area contributed by atoms with Crippen molar-refractivity contribution in [2.24, 2.45) is 5.14 Å². The summed E-state index contributed by atoms with van der Waals surface area (Å²) in [4.78, 5) is 4.14. The monoisotopic (exact) mass is 155 g/mol. The van der Waals surface area contributed by atoms with Crippen LogP contribution in [0.25, 0.3) is 0 Å². The topological polar surface area (TPSA) is 50.9 Å². The Morgan fingerprint density at radius 3 is 3.00 bits per heavy atom. The molecule has 0 atom stereocenters. The first-order valence-corrected chi connectivity index (χ1v) is 3.76. The second-order valence-corrected chi connectivity index (χ2v) is 2.38. The van der Waals surface area contributed by atoms with Crippen LogP contribution < -0.4 is 10.5 Å². The average Bonchev–Trinajstić information content (AvgIpc) is 2.05. The van der Waals surface area contributed by atoms with Gasteiger partial charge in [0.1, 0.15) is 10.8 Å². The molecule has 0 amide bonds. The molecule has 3 nitrogen and oxygen atoms in total. The minimum absolute atomic E-state index is 0.826. The molecule has 1 aromatic heterocycles. The van der Waals surface area contributed by atoms with Gasteiger partial charge in [-0.2, -0.15) is 0 Å². The van der Waals surface area contributed by atoms with Crippen LogP contribution in [0.2, 0.25) is 0 Å². The van der Waals surface area contributed by atoms with E-state index in [1.54, 1.807) is 0 Å². The van der Waals surface area contributed by atoms with Crippen LogP contribution in [0.1, 0.15) is 0 Å². The quantitative estimate of drug-likeness (QED) is 0.628. The fourth-order valence-corrected chi connectivity index (χ4v) is 0.928. The summed E-state index contributed by atoms with van der Waals surface area (Å²) in [6.07, 6.45) is 0. The highest BCUT2D eigenvalue weighted by Gasteiger charge is 1.91. The van der Waals surface area contributed by atoms with E-state index in [9.17, 15) is 0 Å². The predicted octanol–water partition coefficient (Wildman–Crippen LogP) is 1.09. The number of nitrogens with two attached hydrogens (primary N) is 1. The fraction of sp³-hybridized carbons (Fsp3) is 0.167. The van der Waals surface area contributed by atoms with Gasteiger partial charge in [0.15, 0.2) is 0 Å². The van der Waals surface area contributed by atoms with Crippen LogP contribution in [0.3, 0.4) is 0 Å². The first-order chi connectivity index (χ1) is 4.86. The van der Waals surface area contributed by atoms with Gasteiger partial charge < -0.3 is 5.32 Å². The molecule has 1 rings (SSSR count). The molecule has 0 radical (unpaired) electrons. The molecule has 0 aliphatic heterocycles. The molecule has 54 valence electrons. The maximum atomic E-state index is 5.30. The Morgan fingerprint density at radius 1 is 1.60 bits per heavy atom. The summed E-state index contributed by atoms with van der Waals surface area (Å²) in [5, 5.41) is 9.05. The van der Waals surface area contributed by atoms with Crippen molar-refractivity contribution >= 4 is 17.8 Å². The summed E-state index contributed by atoms with van der Waals surface area (Å²) in [6, 6.07) is 5.67. The number of hydrogen-bond acceptors (Lipinski definition) is 4. The first kappa shape index (κ1) is 7.37. The fourth-order valence-electron chi connectivity index (χ4n) is 0.620. The molecule has 0 saturated heterocycles. The van der Waals surface area contributed by atoms with E-state index in [2.05, 4.69) is 10.3 Å². The van der Waals surface area contributed by atoms with Gasteiger partial charge in [0.25, 0.3) is 0 Å². The molecule has 0 aliphatic carbocycles. The van der Waals surface area contributed by atoms with Gasteiger partial charge in [-0.25, -0.2) is 4.98 Å². The summed E-state index contributed by atoms with van der Waals surface area (Å²) < 4.78 is 0. The van der Waals surface area contributed by atoms with Gasteiger partial charge in [-0.3, -0.25) is 5.14 Å². The summed E-state index contributed by atoms with van der Waals surface area (Å²) in [6.45, 7) is 0. The van der Waals surface area contributed by atoms with Gasteiger partial charge in [-0.05, 0) is 24.1 Å². The summed E-state index contributed by atoms with van der Waals surface area (Å²) >= 11 is 1.15. The smallest absolute Gasteiger partial charge is 0.127 e. The number of hydrogen-bond donors (Lipinski definition) is 2. The third-order valence-electron chi connectivity index (χ3n) is 1.10. The van der Waals surface area contributed by atoms with Crippen molar-refractivity contribution in [3.05, 3.63) is 18.2 Å². The Morgan fingerprint density at radius 2 is 2.40 bits per heavy atom. The van der Waals surface area contributed by atoms with Crippen LogP contribution in [0.5, 0.6) is 0 Å². The van der Waals surface area contributed by atoms with E-state index >= 15 is 0 Å². The van der Waals surface area contributed by atoms with Gasteiger partial charge in [-0.1, -0.05) is 6.07 Å². The maximum absolute atomic E-state index is 5.30. The van der Waals surface area contributed by atoms with Crippen molar-refractivity contribution in [2.75, 3.05) is 12.4 Å². The molecule has 0 unspecified atom stereocenters. The number of aromatic nitrogens is 1. The summed E-state index contributed by atoms with van der Waals surface area (Å²) in [7, 11) is 1.83. The van der Waals surface area contributed by atoms with Crippen molar-refractivity contribution in [1.29, 1.82) is 0 Å². The third-order valence-corrected chi connectivity index (χ3v) is 1.57. The molecule has 1 heterocycles. The first-order valence-electron chi connectivity index (χ1n) is 2.88. The van der Waals surface area contributed by atoms with E-state index in [1.807, 2.05) is 25.2 Å². The largest absolute Gasteiger partial charge is 0.373 e. The van der Waals surface area contributed by atoms with Gasteiger partial charge in [0.2, 0.25) is 0 Å². The van der Waals surface area contributed by atoms with E-state index in [0.717, 1.165) is 22.8 Å². The summed E-state index contributed by atoms with van der Waals surface area (Å²) in [5.41, 5.74) is 0. The second-order valence-electron chi connectivity index (χ2n) is 1.73. The van der Waals surface area contributed by atoms with Crippen LogP contribution in [0, 0.1) is 0 Å². The van der Waals surface area contributed by atoms with E-state index in [0.29, 0.717) is 0 Å². The van der Waals surface area contributed by atoms with E-state index in [-0.39, 0.29) is 0 Å². The van der Waals surface area contributed by atoms with Gasteiger partial charge in [0.05, 0.1) is 0 Å². The lowest BCUT2D eigenvalue weighted by Crippen LogP contribution is -1.93. The van der Waals surface area contributed by atoms with Crippen LogP contribution in [-0.4, -0.2) is 12.0 Å². The Hall–Kier alpha value is -0.740. The minimum Gasteiger partial charge on any atom is -0.373 e. The molecule has 3 N–H and O–H groups in total.